The number of ether oxygens (including phenoxy) is 1. The third-order valence-electron chi connectivity index (χ3n) is 6.19. The maximum atomic E-state index is 13.2. The highest BCUT2D eigenvalue weighted by Crippen LogP contribution is 2.38. The van der Waals surface area contributed by atoms with Gasteiger partial charge in [0.15, 0.2) is 0 Å². The highest BCUT2D eigenvalue weighted by molar-refractivity contribution is 7.09. The summed E-state index contributed by atoms with van der Waals surface area (Å²) in [4.78, 5) is 20.8. The van der Waals surface area contributed by atoms with E-state index in [1.54, 1.807) is 23.3 Å². The van der Waals surface area contributed by atoms with Crippen LogP contribution in [0.2, 0.25) is 0 Å². The Balaban J connectivity index is 1.59. The zero-order chi connectivity index (χ0) is 24.4. The summed E-state index contributed by atoms with van der Waals surface area (Å²) in [5.74, 6) is 1.59. The number of hydrogen-bond acceptors (Lipinski definition) is 6. The molecule has 0 spiro atoms. The third-order valence-corrected chi connectivity index (χ3v) is 7.06. The van der Waals surface area contributed by atoms with E-state index in [1.807, 2.05) is 60.8 Å². The molecule has 5 rings (SSSR count). The molecule has 0 radical (unpaired) electrons. The van der Waals surface area contributed by atoms with E-state index in [-0.39, 0.29) is 6.03 Å². The summed E-state index contributed by atoms with van der Waals surface area (Å²) in [6.07, 6.45) is 0.964. The first kappa shape index (κ1) is 22.9. The zero-order valence-electron chi connectivity index (χ0n) is 19.8. The first-order chi connectivity index (χ1) is 17.1. The molecule has 1 aliphatic heterocycles. The molecule has 1 unspecified atom stereocenters. The van der Waals surface area contributed by atoms with Crippen molar-refractivity contribution in [3.63, 3.8) is 0 Å². The third kappa shape index (κ3) is 4.57. The molecule has 0 bridgehead atoms. The average molecular weight is 487 g/mol. The van der Waals surface area contributed by atoms with Crippen LogP contribution in [0, 0.1) is 0 Å². The molecule has 2 aromatic heterocycles. The number of hydrogen-bond donors (Lipinski definition) is 1. The molecule has 0 aliphatic carbocycles. The molecular formula is C27H26N4O3S. The summed E-state index contributed by atoms with van der Waals surface area (Å²) in [5, 5.41) is 9.40. The van der Waals surface area contributed by atoms with E-state index < -0.39 is 6.04 Å². The largest absolute Gasteiger partial charge is 0.497 e. The van der Waals surface area contributed by atoms with E-state index in [1.165, 1.54) is 5.56 Å². The maximum absolute atomic E-state index is 13.2. The van der Waals surface area contributed by atoms with Crippen LogP contribution in [-0.2, 0) is 13.0 Å². The Hall–Kier alpha value is -3.91. The van der Waals surface area contributed by atoms with Gasteiger partial charge in [0, 0.05) is 16.1 Å². The minimum Gasteiger partial charge on any atom is -0.497 e. The molecule has 0 fully saturated rings. The Labute approximate surface area is 208 Å². The van der Waals surface area contributed by atoms with E-state index >= 15 is 0 Å². The topological polar surface area (TPSA) is 80.5 Å². The molecule has 8 heteroatoms. The fourth-order valence-electron chi connectivity index (χ4n) is 4.22. The molecule has 4 aromatic rings. The van der Waals surface area contributed by atoms with Crippen LogP contribution in [0.4, 0.5) is 4.79 Å². The molecule has 0 saturated carbocycles. The van der Waals surface area contributed by atoms with Gasteiger partial charge >= 0.3 is 6.03 Å². The lowest BCUT2D eigenvalue weighted by Gasteiger charge is -2.35. The molecule has 1 atom stereocenters. The first-order valence-corrected chi connectivity index (χ1v) is 12.3. The van der Waals surface area contributed by atoms with Crippen molar-refractivity contribution in [2.24, 2.45) is 0 Å². The molecule has 2 aromatic carbocycles. The second-order valence-electron chi connectivity index (χ2n) is 8.30. The fourth-order valence-corrected chi connectivity index (χ4v) is 4.91. The number of benzene rings is 2. The van der Waals surface area contributed by atoms with E-state index in [0.29, 0.717) is 24.0 Å². The van der Waals surface area contributed by atoms with Crippen LogP contribution in [0.1, 0.15) is 41.8 Å². The number of nitrogens with one attached hydrogen (secondary N) is 1. The Morgan fingerprint density at radius 3 is 2.69 bits per heavy atom. The lowest BCUT2D eigenvalue weighted by molar-refractivity contribution is 0.203. The van der Waals surface area contributed by atoms with Crippen molar-refractivity contribution in [3.8, 4) is 17.1 Å². The number of methoxy groups -OCH3 is 1. The summed E-state index contributed by atoms with van der Waals surface area (Å²) in [6.45, 7) is 4.51. The summed E-state index contributed by atoms with van der Waals surface area (Å²) in [6, 6.07) is 19.1. The monoisotopic (exact) mass is 486 g/mol. The van der Waals surface area contributed by atoms with Crippen LogP contribution in [0.25, 0.3) is 17.0 Å². The maximum Gasteiger partial charge on any atom is 0.322 e. The van der Waals surface area contributed by atoms with Crippen LogP contribution in [0.15, 0.2) is 76.3 Å². The zero-order valence-corrected chi connectivity index (χ0v) is 20.6. The molecule has 1 N–H and O–H groups in total. The predicted molar refractivity (Wildman–Crippen MR) is 136 cm³/mol. The van der Waals surface area contributed by atoms with Gasteiger partial charge in [0.05, 0.1) is 25.3 Å². The van der Waals surface area contributed by atoms with Crippen LogP contribution < -0.4 is 10.1 Å². The number of amides is 2. The molecule has 1 aliphatic rings. The van der Waals surface area contributed by atoms with Gasteiger partial charge in [-0.3, -0.25) is 4.90 Å². The summed E-state index contributed by atoms with van der Waals surface area (Å²) in [5.41, 5.74) is 4.52. The van der Waals surface area contributed by atoms with Crippen molar-refractivity contribution < 1.29 is 14.1 Å². The molecule has 7 nitrogen and oxygen atoms in total. The highest BCUT2D eigenvalue weighted by Gasteiger charge is 2.36. The number of aromatic nitrogens is 2. The Bertz CT molecular complexity index is 1360. The van der Waals surface area contributed by atoms with Crippen LogP contribution in [0.3, 0.4) is 0 Å². The van der Waals surface area contributed by atoms with Crippen LogP contribution in [0.5, 0.6) is 5.75 Å². The Kier molecular flexibility index (Phi) is 6.37. The van der Waals surface area contributed by atoms with E-state index in [4.69, 9.17) is 14.2 Å². The minimum atomic E-state index is -0.465. The van der Waals surface area contributed by atoms with Crippen molar-refractivity contribution in [1.29, 1.82) is 0 Å². The highest BCUT2D eigenvalue weighted by atomic mass is 32.1. The van der Waals surface area contributed by atoms with Crippen molar-refractivity contribution in [2.75, 3.05) is 7.11 Å². The SMILES string of the molecule is CCc1ccc(-c2noc(C3=C(C)N(Cc4cccs4)C(=O)NC3c3cccc(OC)c3)n2)cc1. The lowest BCUT2D eigenvalue weighted by atomic mass is 9.94. The van der Waals surface area contributed by atoms with Crippen molar-refractivity contribution in [3.05, 3.63) is 93.6 Å². The number of urea groups is 1. The summed E-state index contributed by atoms with van der Waals surface area (Å²) >= 11 is 1.61. The molecule has 35 heavy (non-hydrogen) atoms. The number of nitrogens with zero attached hydrogens (tertiary/aromatic N) is 3. The van der Waals surface area contributed by atoms with E-state index in [9.17, 15) is 4.79 Å². The van der Waals surface area contributed by atoms with Gasteiger partial charge in [0.25, 0.3) is 5.89 Å². The molecule has 3 heterocycles. The standard InChI is InChI=1S/C27H26N4O3S/c1-4-18-10-12-19(13-11-18)25-29-26(34-30-25)23-17(2)31(16-22-9-6-14-35-22)27(32)28-24(23)20-7-5-8-21(15-20)33-3/h5-15,24H,4,16H2,1-3H3,(H,28,32). The lowest BCUT2D eigenvalue weighted by Crippen LogP contribution is -2.45. The smallest absolute Gasteiger partial charge is 0.322 e. The van der Waals surface area contributed by atoms with Crippen LogP contribution in [-0.4, -0.2) is 28.2 Å². The Morgan fingerprint density at radius 1 is 1.14 bits per heavy atom. The molecular weight excluding hydrogens is 460 g/mol. The number of aryl methyl sites for hydroxylation is 1. The number of rotatable bonds is 7. The van der Waals surface area contributed by atoms with Crippen LogP contribution >= 0.6 is 11.3 Å². The number of carbonyl (C=O) groups is 1. The molecule has 2 amide bonds. The average Bonchev–Trinajstić information content (AvgIpc) is 3.59. The van der Waals surface area contributed by atoms with Gasteiger partial charge in [-0.2, -0.15) is 4.98 Å². The van der Waals surface area contributed by atoms with Gasteiger partial charge in [-0.05, 0) is 48.1 Å². The number of allylic oxidation sites excluding steroid dienone is 1. The van der Waals surface area contributed by atoms with E-state index in [0.717, 1.165) is 33.7 Å². The molecule has 0 saturated heterocycles. The second-order valence-corrected chi connectivity index (χ2v) is 9.33. The first-order valence-electron chi connectivity index (χ1n) is 11.5. The fraction of sp³-hybridized carbons (Fsp3) is 0.222. The Morgan fingerprint density at radius 2 is 1.97 bits per heavy atom. The van der Waals surface area contributed by atoms with Gasteiger partial charge in [-0.1, -0.05) is 54.5 Å². The van der Waals surface area contributed by atoms with Gasteiger partial charge in [0.1, 0.15) is 5.75 Å². The summed E-state index contributed by atoms with van der Waals surface area (Å²) < 4.78 is 11.2. The van der Waals surface area contributed by atoms with Crippen molar-refractivity contribution in [2.45, 2.75) is 32.9 Å². The van der Waals surface area contributed by atoms with Gasteiger partial charge in [0.2, 0.25) is 5.82 Å². The van der Waals surface area contributed by atoms with Gasteiger partial charge in [-0.15, -0.1) is 11.3 Å². The summed E-state index contributed by atoms with van der Waals surface area (Å²) in [7, 11) is 1.62. The minimum absolute atomic E-state index is 0.178. The van der Waals surface area contributed by atoms with Gasteiger partial charge in [-0.25, -0.2) is 4.79 Å². The quantitative estimate of drug-likeness (QED) is 0.343. The predicted octanol–water partition coefficient (Wildman–Crippen LogP) is 6.07. The number of carbonyl (C=O) groups excluding carboxylic acids is 1. The van der Waals surface area contributed by atoms with Crippen molar-refractivity contribution >= 4 is 22.9 Å². The normalized spacial score (nSPS) is 15.9. The van der Waals surface area contributed by atoms with Crippen molar-refractivity contribution in [1.82, 2.24) is 20.4 Å². The molecule has 178 valence electrons. The van der Waals surface area contributed by atoms with E-state index in [2.05, 4.69) is 29.5 Å². The second kappa shape index (κ2) is 9.76. The number of thiophene rings is 1. The van der Waals surface area contributed by atoms with Gasteiger partial charge < -0.3 is 14.6 Å².